The summed E-state index contributed by atoms with van der Waals surface area (Å²) in [6.07, 6.45) is 11.2. The van der Waals surface area contributed by atoms with Gasteiger partial charge in [0.25, 0.3) is 0 Å². The van der Waals surface area contributed by atoms with E-state index in [2.05, 4.69) is 124 Å². The highest BCUT2D eigenvalue weighted by atomic mass is 14.6. The second-order valence-corrected chi connectivity index (χ2v) is 10.3. The Balaban J connectivity index is 0.00000168. The third-order valence-corrected chi connectivity index (χ3v) is 7.51. The summed E-state index contributed by atoms with van der Waals surface area (Å²) < 4.78 is 0. The van der Waals surface area contributed by atoms with Crippen molar-refractivity contribution in [2.24, 2.45) is 0 Å². The third kappa shape index (κ3) is 6.38. The van der Waals surface area contributed by atoms with Crippen LogP contribution in [0.25, 0.3) is 66.8 Å². The largest absolute Gasteiger partial charge is 0.264 e. The lowest BCUT2D eigenvalue weighted by atomic mass is 9.91. The summed E-state index contributed by atoms with van der Waals surface area (Å²) in [5, 5.41) is 0. The van der Waals surface area contributed by atoms with E-state index in [1.165, 1.54) is 0 Å². The summed E-state index contributed by atoms with van der Waals surface area (Å²) in [7, 11) is 0. The van der Waals surface area contributed by atoms with Crippen LogP contribution in [-0.4, -0.2) is 15.0 Å². The molecule has 0 aliphatic carbocycles. The first-order valence-corrected chi connectivity index (χ1v) is 15.0. The molecule has 0 amide bonds. The standard InChI is InChI=1S/C39H27N3.C2H6/c1-7-28(34-13-4-16-40-25-34)19-31(10-1)37-22-38(32-11-2-8-29(20-32)35-14-5-17-41-26-35)24-39(23-37)33-12-3-9-30(21-33)36-15-6-18-42-27-36;1-2/h1-27H;1-2H3. The number of benzene rings is 4. The van der Waals surface area contributed by atoms with Gasteiger partial charge in [-0.2, -0.15) is 0 Å². The topological polar surface area (TPSA) is 38.7 Å². The average molecular weight is 568 g/mol. The molecule has 0 saturated carbocycles. The van der Waals surface area contributed by atoms with Crippen LogP contribution in [0.3, 0.4) is 0 Å². The third-order valence-electron chi connectivity index (χ3n) is 7.51. The van der Waals surface area contributed by atoms with Gasteiger partial charge in [0.05, 0.1) is 0 Å². The van der Waals surface area contributed by atoms with Gasteiger partial charge in [0.15, 0.2) is 0 Å². The normalized spacial score (nSPS) is 10.5. The molecule has 0 radical (unpaired) electrons. The maximum atomic E-state index is 4.33. The highest BCUT2D eigenvalue weighted by Crippen LogP contribution is 2.36. The summed E-state index contributed by atoms with van der Waals surface area (Å²) in [6.45, 7) is 4.00. The number of pyridine rings is 3. The van der Waals surface area contributed by atoms with E-state index in [4.69, 9.17) is 0 Å². The molecule has 44 heavy (non-hydrogen) atoms. The molecule has 3 heteroatoms. The Morgan fingerprint density at radius 2 is 0.500 bits per heavy atom. The number of hydrogen-bond donors (Lipinski definition) is 0. The van der Waals surface area contributed by atoms with Gasteiger partial charge in [-0.25, -0.2) is 0 Å². The van der Waals surface area contributed by atoms with Crippen molar-refractivity contribution in [3.63, 3.8) is 0 Å². The van der Waals surface area contributed by atoms with Crippen LogP contribution in [-0.2, 0) is 0 Å². The first-order chi connectivity index (χ1) is 21.8. The number of nitrogens with zero attached hydrogens (tertiary/aromatic N) is 3. The number of hydrogen-bond acceptors (Lipinski definition) is 3. The van der Waals surface area contributed by atoms with E-state index in [0.29, 0.717) is 0 Å². The Morgan fingerprint density at radius 1 is 0.273 bits per heavy atom. The molecule has 0 aliphatic rings. The average Bonchev–Trinajstić information content (AvgIpc) is 3.13. The van der Waals surface area contributed by atoms with Gasteiger partial charge in [0.2, 0.25) is 0 Å². The molecule has 0 N–H and O–H groups in total. The predicted molar refractivity (Wildman–Crippen MR) is 184 cm³/mol. The minimum absolute atomic E-state index is 1.10. The first-order valence-electron chi connectivity index (χ1n) is 15.0. The van der Waals surface area contributed by atoms with Crippen LogP contribution in [0.15, 0.2) is 165 Å². The molecule has 0 aliphatic heterocycles. The lowest BCUT2D eigenvalue weighted by Gasteiger charge is -2.14. The molecule has 212 valence electrons. The monoisotopic (exact) mass is 567 g/mol. The van der Waals surface area contributed by atoms with E-state index < -0.39 is 0 Å². The van der Waals surface area contributed by atoms with Crippen molar-refractivity contribution in [1.29, 1.82) is 0 Å². The molecule has 7 aromatic rings. The van der Waals surface area contributed by atoms with Crippen molar-refractivity contribution in [1.82, 2.24) is 15.0 Å². The summed E-state index contributed by atoms with van der Waals surface area (Å²) in [6, 6.07) is 45.2. The van der Waals surface area contributed by atoms with E-state index in [0.717, 1.165) is 66.8 Å². The summed E-state index contributed by atoms with van der Waals surface area (Å²) in [5.74, 6) is 0. The molecule has 3 nitrogen and oxygen atoms in total. The van der Waals surface area contributed by atoms with Gasteiger partial charge < -0.3 is 0 Å². The van der Waals surface area contributed by atoms with Crippen LogP contribution >= 0.6 is 0 Å². The zero-order chi connectivity index (χ0) is 30.1. The van der Waals surface area contributed by atoms with E-state index in [1.807, 2.05) is 69.2 Å². The van der Waals surface area contributed by atoms with Gasteiger partial charge in [-0.15, -0.1) is 0 Å². The molecular formula is C41H33N3. The molecule has 7 rings (SSSR count). The molecule has 0 saturated heterocycles. The van der Waals surface area contributed by atoms with E-state index >= 15 is 0 Å². The first kappa shape index (κ1) is 28.4. The fourth-order valence-electron chi connectivity index (χ4n) is 5.36. The highest BCUT2D eigenvalue weighted by Gasteiger charge is 2.11. The second-order valence-electron chi connectivity index (χ2n) is 10.3. The van der Waals surface area contributed by atoms with Crippen LogP contribution in [0.1, 0.15) is 13.8 Å². The van der Waals surface area contributed by atoms with Crippen LogP contribution in [0.4, 0.5) is 0 Å². The van der Waals surface area contributed by atoms with E-state index in [9.17, 15) is 0 Å². The molecule has 0 bridgehead atoms. The zero-order valence-electron chi connectivity index (χ0n) is 24.9. The minimum atomic E-state index is 1.10. The van der Waals surface area contributed by atoms with Crippen LogP contribution in [0.5, 0.6) is 0 Å². The number of aromatic nitrogens is 3. The van der Waals surface area contributed by atoms with Gasteiger partial charge in [-0.05, 0) is 105 Å². The predicted octanol–water partition coefficient (Wildman–Crippen LogP) is 10.9. The lowest BCUT2D eigenvalue weighted by molar-refractivity contribution is 1.33. The van der Waals surface area contributed by atoms with E-state index in [-0.39, 0.29) is 0 Å². The molecule has 0 fully saturated rings. The summed E-state index contributed by atoms with van der Waals surface area (Å²) in [4.78, 5) is 13.0. The van der Waals surface area contributed by atoms with Gasteiger partial charge in [-0.1, -0.05) is 86.6 Å². The smallest absolute Gasteiger partial charge is 0.0346 e. The second kappa shape index (κ2) is 13.5. The Labute approximate surface area is 259 Å². The van der Waals surface area contributed by atoms with E-state index in [1.54, 1.807) is 0 Å². The lowest BCUT2D eigenvalue weighted by Crippen LogP contribution is -1.89. The van der Waals surface area contributed by atoms with Crippen LogP contribution in [0, 0.1) is 0 Å². The molecule has 0 unspecified atom stereocenters. The zero-order valence-corrected chi connectivity index (χ0v) is 24.9. The summed E-state index contributed by atoms with van der Waals surface area (Å²) in [5.41, 5.74) is 13.7. The molecule has 3 heterocycles. The van der Waals surface area contributed by atoms with Crippen molar-refractivity contribution in [3.05, 3.63) is 165 Å². The van der Waals surface area contributed by atoms with Gasteiger partial charge in [-0.3, -0.25) is 15.0 Å². The van der Waals surface area contributed by atoms with Crippen molar-refractivity contribution in [2.45, 2.75) is 13.8 Å². The fraction of sp³-hybridized carbons (Fsp3) is 0.0488. The van der Waals surface area contributed by atoms with Crippen molar-refractivity contribution in [2.75, 3.05) is 0 Å². The summed E-state index contributed by atoms with van der Waals surface area (Å²) >= 11 is 0. The van der Waals surface area contributed by atoms with Gasteiger partial charge in [0.1, 0.15) is 0 Å². The molecule has 0 spiro atoms. The molecule has 0 atom stereocenters. The quantitative estimate of drug-likeness (QED) is 0.201. The molecular weight excluding hydrogens is 534 g/mol. The Hall–Kier alpha value is -5.67. The minimum Gasteiger partial charge on any atom is -0.264 e. The Bertz CT molecular complexity index is 1720. The highest BCUT2D eigenvalue weighted by molar-refractivity contribution is 5.85. The Morgan fingerprint density at radius 3 is 0.750 bits per heavy atom. The Kier molecular flexibility index (Phi) is 8.75. The van der Waals surface area contributed by atoms with Gasteiger partial charge in [0, 0.05) is 53.9 Å². The van der Waals surface area contributed by atoms with Crippen LogP contribution < -0.4 is 0 Å². The van der Waals surface area contributed by atoms with Crippen molar-refractivity contribution < 1.29 is 0 Å². The molecule has 4 aromatic carbocycles. The SMILES string of the molecule is CC.c1cncc(-c2cccc(-c3cc(-c4cccc(-c5cccnc5)c4)cc(-c4cccc(-c5cccnc5)c4)c3)c2)c1. The van der Waals surface area contributed by atoms with Gasteiger partial charge >= 0.3 is 0 Å². The maximum absolute atomic E-state index is 4.33. The van der Waals surface area contributed by atoms with Crippen LogP contribution in [0.2, 0.25) is 0 Å². The maximum Gasteiger partial charge on any atom is 0.0346 e. The van der Waals surface area contributed by atoms with Crippen molar-refractivity contribution >= 4 is 0 Å². The molecule has 3 aromatic heterocycles. The van der Waals surface area contributed by atoms with Crippen molar-refractivity contribution in [3.8, 4) is 66.8 Å². The number of rotatable bonds is 6. The fourth-order valence-corrected chi connectivity index (χ4v) is 5.36.